The molecule has 0 aliphatic carbocycles. The molecule has 0 spiro atoms. The molecular weight excluding hydrogens is 394 g/mol. The highest BCUT2D eigenvalue weighted by Crippen LogP contribution is 2.31. The maximum Gasteiger partial charge on any atom is 0.198 e. The molecule has 1 saturated heterocycles. The minimum absolute atomic E-state index is 0.341. The summed E-state index contributed by atoms with van der Waals surface area (Å²) >= 11 is 0. The Balaban J connectivity index is 1.23. The van der Waals surface area contributed by atoms with Gasteiger partial charge in [-0.15, -0.1) is 0 Å². The van der Waals surface area contributed by atoms with E-state index >= 15 is 0 Å². The summed E-state index contributed by atoms with van der Waals surface area (Å²) in [5.74, 6) is 0.771. The number of benzene rings is 3. The first-order valence-electron chi connectivity index (χ1n) is 11.5. The van der Waals surface area contributed by atoms with Crippen molar-refractivity contribution in [2.45, 2.75) is 12.3 Å². The van der Waals surface area contributed by atoms with E-state index in [0.717, 1.165) is 49.9 Å². The molecule has 0 radical (unpaired) electrons. The molecule has 1 aromatic heterocycles. The van der Waals surface area contributed by atoms with Crippen molar-refractivity contribution in [3.63, 3.8) is 0 Å². The number of aromatic hydroxyl groups is 1. The fraction of sp³-hybridized carbons (Fsp3) is 0.286. The SMILES string of the molecule is Cn1cc2ccc(N3CCN(CCC(c4ccccc4)c4ccccc4)CC3)cc2c1O. The zero-order valence-electron chi connectivity index (χ0n) is 18.7. The van der Waals surface area contributed by atoms with E-state index in [0.29, 0.717) is 11.8 Å². The van der Waals surface area contributed by atoms with E-state index in [1.165, 1.54) is 16.8 Å². The molecule has 5 rings (SSSR count). The summed E-state index contributed by atoms with van der Waals surface area (Å²) < 4.78 is 1.78. The van der Waals surface area contributed by atoms with Gasteiger partial charge in [0, 0.05) is 61.8 Å². The van der Waals surface area contributed by atoms with Crippen molar-refractivity contribution in [1.29, 1.82) is 0 Å². The Morgan fingerprint density at radius 3 is 2.06 bits per heavy atom. The van der Waals surface area contributed by atoms with Crippen molar-refractivity contribution in [3.05, 3.63) is 96.2 Å². The van der Waals surface area contributed by atoms with Crippen LogP contribution in [0.25, 0.3) is 10.8 Å². The second-order valence-electron chi connectivity index (χ2n) is 8.83. The van der Waals surface area contributed by atoms with Gasteiger partial charge in [0.15, 0.2) is 5.88 Å². The van der Waals surface area contributed by atoms with E-state index in [9.17, 15) is 5.11 Å². The number of aryl methyl sites for hydroxylation is 1. The lowest BCUT2D eigenvalue weighted by molar-refractivity contribution is 0.251. The predicted octanol–water partition coefficient (Wildman–Crippen LogP) is 5.23. The summed E-state index contributed by atoms with van der Waals surface area (Å²) in [5, 5.41) is 12.3. The molecule has 1 fully saturated rings. The molecule has 0 amide bonds. The average molecular weight is 426 g/mol. The number of anilines is 1. The smallest absolute Gasteiger partial charge is 0.198 e. The maximum absolute atomic E-state index is 10.3. The molecule has 1 aliphatic heterocycles. The number of rotatable bonds is 6. The summed E-state index contributed by atoms with van der Waals surface area (Å²) in [5.41, 5.74) is 3.99. The summed E-state index contributed by atoms with van der Waals surface area (Å²) in [6.07, 6.45) is 3.10. The largest absolute Gasteiger partial charge is 0.494 e. The Labute approximate surface area is 190 Å². The Bertz CT molecular complexity index is 1120. The quantitative estimate of drug-likeness (QED) is 0.459. The van der Waals surface area contributed by atoms with Crippen molar-refractivity contribution < 1.29 is 5.11 Å². The summed E-state index contributed by atoms with van der Waals surface area (Å²) in [7, 11) is 1.88. The highest BCUT2D eigenvalue weighted by Gasteiger charge is 2.20. The lowest BCUT2D eigenvalue weighted by Crippen LogP contribution is -2.46. The van der Waals surface area contributed by atoms with Crippen LogP contribution in [0.3, 0.4) is 0 Å². The fourth-order valence-electron chi connectivity index (χ4n) is 4.94. The van der Waals surface area contributed by atoms with E-state index in [1.54, 1.807) is 4.57 Å². The second-order valence-corrected chi connectivity index (χ2v) is 8.83. The van der Waals surface area contributed by atoms with Crippen LogP contribution in [0.15, 0.2) is 85.1 Å². The van der Waals surface area contributed by atoms with Crippen LogP contribution < -0.4 is 4.90 Å². The minimum atomic E-state index is 0.341. The van der Waals surface area contributed by atoms with Gasteiger partial charge in [-0.2, -0.15) is 0 Å². The third-order valence-corrected chi connectivity index (χ3v) is 6.82. The second kappa shape index (κ2) is 9.09. The standard InChI is InChI=1S/C28H31N3O/c1-29-21-24-12-13-25(20-27(24)28(29)32)31-18-16-30(17-19-31)15-14-26(22-8-4-2-5-9-22)23-10-6-3-7-11-23/h2-13,20-21,26,32H,14-19H2,1H3. The van der Waals surface area contributed by atoms with Gasteiger partial charge < -0.3 is 14.6 Å². The van der Waals surface area contributed by atoms with Crippen LogP contribution in [0.5, 0.6) is 5.88 Å². The summed E-state index contributed by atoms with van der Waals surface area (Å²) in [4.78, 5) is 5.03. The number of fused-ring (bicyclic) bond motifs is 1. The first kappa shape index (κ1) is 20.7. The van der Waals surface area contributed by atoms with E-state index in [2.05, 4.69) is 88.7 Å². The highest BCUT2D eigenvalue weighted by molar-refractivity contribution is 5.90. The van der Waals surface area contributed by atoms with Crippen molar-refractivity contribution in [1.82, 2.24) is 9.47 Å². The number of hydrogen-bond acceptors (Lipinski definition) is 3. The minimum Gasteiger partial charge on any atom is -0.494 e. The molecule has 0 saturated carbocycles. The van der Waals surface area contributed by atoms with Crippen molar-refractivity contribution in [2.24, 2.45) is 7.05 Å². The van der Waals surface area contributed by atoms with E-state index in [-0.39, 0.29) is 0 Å². The Morgan fingerprint density at radius 2 is 1.44 bits per heavy atom. The molecular formula is C28H31N3O. The summed E-state index contributed by atoms with van der Waals surface area (Å²) in [6.45, 7) is 5.26. The zero-order valence-corrected chi connectivity index (χ0v) is 18.7. The van der Waals surface area contributed by atoms with Gasteiger partial charge in [0.05, 0.1) is 0 Å². The molecule has 3 aromatic carbocycles. The van der Waals surface area contributed by atoms with Crippen LogP contribution in [0.4, 0.5) is 5.69 Å². The van der Waals surface area contributed by atoms with Gasteiger partial charge in [-0.25, -0.2) is 0 Å². The number of piperazine rings is 1. The molecule has 2 heterocycles. The van der Waals surface area contributed by atoms with Crippen molar-refractivity contribution in [3.8, 4) is 5.88 Å². The molecule has 4 aromatic rings. The number of nitrogens with zero attached hydrogens (tertiary/aromatic N) is 3. The third kappa shape index (κ3) is 4.23. The molecule has 1 N–H and O–H groups in total. The van der Waals surface area contributed by atoms with Crippen molar-refractivity contribution in [2.75, 3.05) is 37.6 Å². The molecule has 1 aliphatic rings. The Hall–Kier alpha value is -3.24. The van der Waals surface area contributed by atoms with E-state index in [1.807, 2.05) is 13.2 Å². The lowest BCUT2D eigenvalue weighted by atomic mass is 9.88. The van der Waals surface area contributed by atoms with Gasteiger partial charge in [0.25, 0.3) is 0 Å². The van der Waals surface area contributed by atoms with Crippen LogP contribution >= 0.6 is 0 Å². The average Bonchev–Trinajstić information content (AvgIpc) is 3.14. The first-order valence-corrected chi connectivity index (χ1v) is 11.5. The van der Waals surface area contributed by atoms with Crippen molar-refractivity contribution >= 4 is 16.5 Å². The normalized spacial score (nSPS) is 15.0. The van der Waals surface area contributed by atoms with E-state index in [4.69, 9.17) is 0 Å². The van der Waals surface area contributed by atoms with Crippen LogP contribution in [-0.2, 0) is 7.05 Å². The zero-order chi connectivity index (χ0) is 21.9. The molecule has 4 nitrogen and oxygen atoms in total. The van der Waals surface area contributed by atoms with Crippen LogP contribution in [-0.4, -0.2) is 47.3 Å². The molecule has 0 bridgehead atoms. The molecule has 164 valence electrons. The maximum atomic E-state index is 10.3. The van der Waals surface area contributed by atoms with Crippen LogP contribution in [0.2, 0.25) is 0 Å². The molecule has 32 heavy (non-hydrogen) atoms. The van der Waals surface area contributed by atoms with E-state index < -0.39 is 0 Å². The van der Waals surface area contributed by atoms with Crippen LogP contribution in [0.1, 0.15) is 23.5 Å². The van der Waals surface area contributed by atoms with Gasteiger partial charge in [-0.05, 0) is 36.2 Å². The van der Waals surface area contributed by atoms with Gasteiger partial charge in [0.1, 0.15) is 0 Å². The first-order chi connectivity index (χ1) is 15.7. The highest BCUT2D eigenvalue weighted by atomic mass is 16.3. The monoisotopic (exact) mass is 425 g/mol. The number of hydrogen-bond donors (Lipinski definition) is 1. The third-order valence-electron chi connectivity index (χ3n) is 6.82. The summed E-state index contributed by atoms with van der Waals surface area (Å²) in [6, 6.07) is 28.2. The van der Waals surface area contributed by atoms with Gasteiger partial charge in [-0.1, -0.05) is 66.7 Å². The van der Waals surface area contributed by atoms with Gasteiger partial charge in [0.2, 0.25) is 0 Å². The topological polar surface area (TPSA) is 31.6 Å². The lowest BCUT2D eigenvalue weighted by Gasteiger charge is -2.36. The molecule has 4 heteroatoms. The molecule has 0 atom stereocenters. The predicted molar refractivity (Wildman–Crippen MR) is 133 cm³/mol. The fourth-order valence-corrected chi connectivity index (χ4v) is 4.94. The molecule has 0 unspecified atom stereocenters. The Morgan fingerprint density at radius 1 is 0.812 bits per heavy atom. The Kier molecular flexibility index (Phi) is 5.87. The number of aromatic nitrogens is 1. The van der Waals surface area contributed by atoms with Gasteiger partial charge >= 0.3 is 0 Å². The van der Waals surface area contributed by atoms with Gasteiger partial charge in [-0.3, -0.25) is 4.90 Å². The van der Waals surface area contributed by atoms with Crippen LogP contribution in [0, 0.1) is 0 Å².